The summed E-state index contributed by atoms with van der Waals surface area (Å²) in [5.74, 6) is 0.423. The molecule has 36 heavy (non-hydrogen) atoms. The maximum Gasteiger partial charge on any atom is 0.249 e. The summed E-state index contributed by atoms with van der Waals surface area (Å²) >= 11 is 0. The molecule has 4 aliphatic rings. The van der Waals surface area contributed by atoms with E-state index in [1.165, 1.54) is 12.8 Å². The molecule has 1 spiro atoms. The van der Waals surface area contributed by atoms with Gasteiger partial charge < -0.3 is 20.3 Å². The number of nitrogens with one attached hydrogen (secondary N) is 2. The molecule has 2 aliphatic carbocycles. The molecule has 1 aromatic rings. The summed E-state index contributed by atoms with van der Waals surface area (Å²) in [6.45, 7) is 8.64. The number of amides is 1. The number of piperidine rings is 1. The van der Waals surface area contributed by atoms with Gasteiger partial charge in [0.1, 0.15) is 0 Å². The topological polar surface area (TPSA) is 128 Å². The number of phenolic OH excluding ortho intramolecular Hbond substituents is 1. The third-order valence-corrected chi connectivity index (χ3v) is 9.05. The van der Waals surface area contributed by atoms with E-state index in [0.717, 1.165) is 23.9 Å². The molecule has 0 unspecified atom stereocenters. The van der Waals surface area contributed by atoms with Crippen LogP contribution in [-0.4, -0.2) is 72.6 Å². The predicted molar refractivity (Wildman–Crippen MR) is 135 cm³/mol. The fourth-order valence-corrected chi connectivity index (χ4v) is 7.27. The van der Waals surface area contributed by atoms with Crippen molar-refractivity contribution < 1.29 is 28.2 Å². The number of aliphatic hydroxyl groups is 1. The normalized spacial score (nSPS) is 32.0. The zero-order valence-corrected chi connectivity index (χ0v) is 22.4. The standard InChI is InChI=1S/C26H37N3O6S/c1-14(2)27-24(31)15(3)21(28-36(5,33)34)23-26-10-11-29(13-16-6-7-16)19(25(26,4)32)12-17-8-9-18(30)22(35-23)20(17)26/h8-9,14,16,19,23,28,30,32H,6-7,10-13H2,1-5H3,(H,27,31)/b21-15-/t19-,23+,25-,26+/m1/s1. The van der Waals surface area contributed by atoms with Gasteiger partial charge in [0.15, 0.2) is 17.6 Å². The quantitative estimate of drug-likeness (QED) is 0.402. The van der Waals surface area contributed by atoms with E-state index in [1.807, 2.05) is 19.9 Å². The summed E-state index contributed by atoms with van der Waals surface area (Å²) in [5.41, 5.74) is -0.397. The summed E-state index contributed by atoms with van der Waals surface area (Å²) in [4.78, 5) is 15.4. The Kier molecular flexibility index (Phi) is 5.89. The molecule has 0 aromatic heterocycles. The average molecular weight is 520 g/mol. The molecule has 198 valence electrons. The Morgan fingerprint density at radius 2 is 2.00 bits per heavy atom. The molecule has 10 heteroatoms. The average Bonchev–Trinajstić information content (AvgIpc) is 3.50. The van der Waals surface area contributed by atoms with Crippen molar-refractivity contribution in [3.8, 4) is 11.5 Å². The highest BCUT2D eigenvalue weighted by molar-refractivity contribution is 7.88. The van der Waals surface area contributed by atoms with Gasteiger partial charge in [0.25, 0.3) is 0 Å². The maximum atomic E-state index is 13.1. The highest BCUT2D eigenvalue weighted by atomic mass is 32.2. The van der Waals surface area contributed by atoms with Gasteiger partial charge in [-0.05, 0) is 77.5 Å². The Balaban J connectivity index is 1.70. The third kappa shape index (κ3) is 3.88. The van der Waals surface area contributed by atoms with Crippen molar-refractivity contribution in [2.75, 3.05) is 19.3 Å². The zero-order chi connectivity index (χ0) is 26.2. The predicted octanol–water partition coefficient (Wildman–Crippen LogP) is 1.53. The van der Waals surface area contributed by atoms with Crippen molar-refractivity contribution >= 4 is 15.9 Å². The van der Waals surface area contributed by atoms with Crippen LogP contribution in [0.3, 0.4) is 0 Å². The minimum absolute atomic E-state index is 0.0618. The number of rotatable bonds is 7. The molecular weight excluding hydrogens is 482 g/mol. The second kappa shape index (κ2) is 8.36. The number of nitrogens with zero attached hydrogens (tertiary/aromatic N) is 1. The first-order valence-electron chi connectivity index (χ1n) is 12.7. The summed E-state index contributed by atoms with van der Waals surface area (Å²) < 4.78 is 34.0. The summed E-state index contributed by atoms with van der Waals surface area (Å²) in [5, 5.41) is 26.0. The van der Waals surface area contributed by atoms with Crippen molar-refractivity contribution in [1.29, 1.82) is 0 Å². The Bertz CT molecular complexity index is 1240. The molecular formula is C26H37N3O6S. The maximum absolute atomic E-state index is 13.1. The number of hydrogen-bond donors (Lipinski definition) is 4. The van der Waals surface area contributed by atoms with Crippen LogP contribution in [0.1, 0.15) is 58.1 Å². The van der Waals surface area contributed by atoms with Crippen molar-refractivity contribution in [3.63, 3.8) is 0 Å². The van der Waals surface area contributed by atoms with E-state index in [2.05, 4.69) is 14.9 Å². The lowest BCUT2D eigenvalue weighted by Gasteiger charge is -2.60. The first-order chi connectivity index (χ1) is 16.8. The van der Waals surface area contributed by atoms with E-state index >= 15 is 0 Å². The molecule has 1 aromatic carbocycles. The molecule has 2 heterocycles. The minimum atomic E-state index is -3.80. The minimum Gasteiger partial charge on any atom is -0.504 e. The van der Waals surface area contributed by atoms with Gasteiger partial charge >= 0.3 is 0 Å². The number of phenols is 1. The SMILES string of the molecule is C/C(C(=O)NC(C)C)=C(/NS(C)(=O)=O)[C@@H]1Oc2c(O)ccc3c2[C@@]12CCN(CC1CC1)[C@H](C3)[C@@]2(C)O. The van der Waals surface area contributed by atoms with Crippen molar-refractivity contribution in [1.82, 2.24) is 14.9 Å². The van der Waals surface area contributed by atoms with Crippen LogP contribution in [0.2, 0.25) is 0 Å². The van der Waals surface area contributed by atoms with Gasteiger partial charge in [-0.25, -0.2) is 8.42 Å². The van der Waals surface area contributed by atoms with E-state index in [1.54, 1.807) is 19.9 Å². The zero-order valence-electron chi connectivity index (χ0n) is 21.6. The molecule has 4 N–H and O–H groups in total. The van der Waals surface area contributed by atoms with Crippen LogP contribution in [0.4, 0.5) is 0 Å². The van der Waals surface area contributed by atoms with Crippen molar-refractivity contribution in [2.24, 2.45) is 5.92 Å². The molecule has 1 saturated heterocycles. The Hall–Kier alpha value is -2.30. The molecule has 9 nitrogen and oxygen atoms in total. The van der Waals surface area contributed by atoms with Gasteiger partial charge in [0, 0.05) is 29.8 Å². The molecule has 1 saturated carbocycles. The fourth-order valence-electron chi connectivity index (χ4n) is 6.61. The lowest BCUT2D eigenvalue weighted by atomic mass is 9.53. The van der Waals surface area contributed by atoms with Crippen LogP contribution in [0.5, 0.6) is 11.5 Å². The van der Waals surface area contributed by atoms with Crippen LogP contribution < -0.4 is 14.8 Å². The second-order valence-electron chi connectivity index (χ2n) is 11.5. The van der Waals surface area contributed by atoms with Gasteiger partial charge in [0.2, 0.25) is 15.9 Å². The Morgan fingerprint density at radius 3 is 2.61 bits per heavy atom. The van der Waals surface area contributed by atoms with Crippen LogP contribution in [0.15, 0.2) is 23.4 Å². The fraction of sp³-hybridized carbons (Fsp3) is 0.654. The highest BCUT2D eigenvalue weighted by Gasteiger charge is 2.69. The number of ether oxygens (including phenoxy) is 1. The number of sulfonamides is 1. The van der Waals surface area contributed by atoms with Gasteiger partial charge in [-0.3, -0.25) is 14.4 Å². The third-order valence-electron chi connectivity index (χ3n) is 8.46. The van der Waals surface area contributed by atoms with E-state index in [4.69, 9.17) is 4.74 Å². The molecule has 0 radical (unpaired) electrons. The number of carbonyl (C=O) groups excluding carboxylic acids is 1. The van der Waals surface area contributed by atoms with Gasteiger partial charge in [-0.15, -0.1) is 0 Å². The first-order valence-corrected chi connectivity index (χ1v) is 14.6. The summed E-state index contributed by atoms with van der Waals surface area (Å²) in [7, 11) is -3.80. The number of carbonyl (C=O) groups is 1. The molecule has 2 fully saturated rings. The number of hydrogen-bond acceptors (Lipinski definition) is 7. The van der Waals surface area contributed by atoms with E-state index in [-0.39, 0.29) is 34.9 Å². The first kappa shape index (κ1) is 25.4. The highest BCUT2D eigenvalue weighted by Crippen LogP contribution is 2.63. The van der Waals surface area contributed by atoms with Crippen LogP contribution in [0, 0.1) is 5.92 Å². The van der Waals surface area contributed by atoms with Crippen LogP contribution >= 0.6 is 0 Å². The number of likely N-dealkylation sites (tertiary alicyclic amines) is 1. The van der Waals surface area contributed by atoms with Gasteiger partial charge in [-0.1, -0.05) is 6.07 Å². The summed E-state index contributed by atoms with van der Waals surface area (Å²) in [6, 6.07) is 3.11. The Labute approximate surface area is 213 Å². The van der Waals surface area contributed by atoms with Gasteiger partial charge in [0.05, 0.1) is 23.0 Å². The monoisotopic (exact) mass is 519 g/mol. The second-order valence-corrected chi connectivity index (χ2v) is 13.3. The van der Waals surface area contributed by atoms with Crippen molar-refractivity contribution in [3.05, 3.63) is 34.5 Å². The molecule has 4 atom stereocenters. The van der Waals surface area contributed by atoms with Crippen LogP contribution in [0.25, 0.3) is 0 Å². The number of benzene rings is 1. The molecule has 2 bridgehead atoms. The molecule has 2 aliphatic heterocycles. The number of aromatic hydroxyl groups is 1. The number of fused-ring (bicyclic) bond motifs is 1. The smallest absolute Gasteiger partial charge is 0.249 e. The van der Waals surface area contributed by atoms with E-state index in [9.17, 15) is 23.4 Å². The van der Waals surface area contributed by atoms with E-state index in [0.29, 0.717) is 25.3 Å². The lowest BCUT2D eigenvalue weighted by Crippen LogP contribution is -2.73. The summed E-state index contributed by atoms with van der Waals surface area (Å²) in [6.07, 6.45) is 3.52. The van der Waals surface area contributed by atoms with Crippen LogP contribution in [-0.2, 0) is 26.7 Å². The van der Waals surface area contributed by atoms with E-state index < -0.39 is 33.1 Å². The lowest BCUT2D eigenvalue weighted by molar-refractivity contribution is -0.150. The Morgan fingerprint density at radius 1 is 1.31 bits per heavy atom. The largest absolute Gasteiger partial charge is 0.504 e. The molecule has 1 amide bonds. The van der Waals surface area contributed by atoms with Crippen molar-refractivity contribution in [2.45, 2.75) is 82.6 Å². The molecule has 5 rings (SSSR count). The van der Waals surface area contributed by atoms with Gasteiger partial charge in [-0.2, -0.15) is 0 Å².